The number of nitrogens with one attached hydrogen (secondary N) is 1. The van der Waals surface area contributed by atoms with Crippen molar-refractivity contribution in [1.29, 1.82) is 0 Å². The van der Waals surface area contributed by atoms with Crippen LogP contribution in [0.1, 0.15) is 35.6 Å². The van der Waals surface area contributed by atoms with E-state index in [1.54, 1.807) is 6.26 Å². The van der Waals surface area contributed by atoms with E-state index >= 15 is 0 Å². The number of furan rings is 1. The predicted octanol–water partition coefficient (Wildman–Crippen LogP) is 4.34. The third-order valence-corrected chi connectivity index (χ3v) is 3.67. The van der Waals surface area contributed by atoms with Gasteiger partial charge in [-0.05, 0) is 49.2 Å². The molecule has 1 aromatic heterocycles. The molecule has 1 atom stereocenters. The first-order valence-electron chi connectivity index (χ1n) is 7.21. The molecule has 1 aliphatic carbocycles. The first-order valence-corrected chi connectivity index (χ1v) is 7.21. The number of ketones is 1. The highest BCUT2D eigenvalue weighted by Gasteiger charge is 2.23. The molecule has 0 radical (unpaired) electrons. The molecular weight excluding hydrogens is 262 g/mol. The van der Waals surface area contributed by atoms with Crippen LogP contribution in [0.4, 0.5) is 5.69 Å². The summed E-state index contributed by atoms with van der Waals surface area (Å²) in [6.07, 6.45) is 4.74. The van der Waals surface area contributed by atoms with E-state index in [0.717, 1.165) is 17.1 Å². The number of Topliss-reactive ketones (excluding diaryl/α,β-unsaturated/α-hetero) is 1. The lowest BCUT2D eigenvalue weighted by Crippen LogP contribution is -2.16. The molecule has 1 heterocycles. The van der Waals surface area contributed by atoms with Crippen molar-refractivity contribution < 1.29 is 9.21 Å². The number of carbonyl (C=O) groups excluding carboxylic acids is 1. The van der Waals surface area contributed by atoms with Crippen LogP contribution in [0.3, 0.4) is 0 Å². The number of benzene rings is 1. The first kappa shape index (κ1) is 13.7. The molecule has 2 aromatic rings. The predicted molar refractivity (Wildman–Crippen MR) is 83.3 cm³/mol. The van der Waals surface area contributed by atoms with Crippen LogP contribution in [0.15, 0.2) is 52.8 Å². The zero-order valence-electron chi connectivity index (χ0n) is 12.3. The zero-order chi connectivity index (χ0) is 14.8. The summed E-state index contributed by atoms with van der Waals surface area (Å²) in [5, 5.41) is 3.38. The molecule has 0 spiro atoms. The third-order valence-electron chi connectivity index (χ3n) is 3.67. The van der Waals surface area contributed by atoms with Gasteiger partial charge in [0.1, 0.15) is 11.5 Å². The molecule has 0 amide bonds. The normalized spacial score (nSPS) is 18.5. The largest absolute Gasteiger partial charge is 0.469 e. The van der Waals surface area contributed by atoms with Crippen LogP contribution < -0.4 is 5.32 Å². The SMILES string of the molecule is Cc1cc(C)cc(NC2=CC(c3ccco3)CC(=O)C2)c1. The average Bonchev–Trinajstić information content (AvgIpc) is 2.90. The fourth-order valence-corrected chi connectivity index (χ4v) is 2.89. The topological polar surface area (TPSA) is 42.2 Å². The van der Waals surface area contributed by atoms with Gasteiger partial charge >= 0.3 is 0 Å². The Hall–Kier alpha value is -2.29. The fraction of sp³-hybridized carbons (Fsp3) is 0.278. The molecule has 1 aliphatic rings. The second-order valence-corrected chi connectivity index (χ2v) is 5.73. The van der Waals surface area contributed by atoms with Crippen LogP contribution in [-0.2, 0) is 4.79 Å². The summed E-state index contributed by atoms with van der Waals surface area (Å²) in [5.41, 5.74) is 4.41. The van der Waals surface area contributed by atoms with Gasteiger partial charge in [-0.1, -0.05) is 12.1 Å². The second-order valence-electron chi connectivity index (χ2n) is 5.73. The molecule has 3 heteroatoms. The summed E-state index contributed by atoms with van der Waals surface area (Å²) in [4.78, 5) is 12.0. The Morgan fingerprint density at radius 2 is 1.95 bits per heavy atom. The van der Waals surface area contributed by atoms with Crippen molar-refractivity contribution in [2.24, 2.45) is 0 Å². The molecule has 1 aromatic carbocycles. The molecule has 1 unspecified atom stereocenters. The molecule has 0 bridgehead atoms. The Bertz CT molecular complexity index is 663. The van der Waals surface area contributed by atoms with Crippen LogP contribution in [0.2, 0.25) is 0 Å². The molecule has 0 aliphatic heterocycles. The van der Waals surface area contributed by atoms with Gasteiger partial charge in [0.05, 0.1) is 6.26 Å². The van der Waals surface area contributed by atoms with E-state index in [-0.39, 0.29) is 11.7 Å². The van der Waals surface area contributed by atoms with Gasteiger partial charge in [-0.15, -0.1) is 0 Å². The van der Waals surface area contributed by atoms with Gasteiger partial charge in [0.15, 0.2) is 0 Å². The molecule has 0 saturated heterocycles. The van der Waals surface area contributed by atoms with E-state index in [0.29, 0.717) is 12.8 Å². The number of allylic oxidation sites excluding steroid dienone is 2. The van der Waals surface area contributed by atoms with Crippen LogP contribution in [-0.4, -0.2) is 5.78 Å². The van der Waals surface area contributed by atoms with Crippen LogP contribution in [0, 0.1) is 13.8 Å². The third kappa shape index (κ3) is 3.24. The summed E-state index contributed by atoms with van der Waals surface area (Å²) < 4.78 is 5.43. The van der Waals surface area contributed by atoms with Crippen molar-refractivity contribution in [2.75, 3.05) is 5.32 Å². The Labute approximate surface area is 124 Å². The summed E-state index contributed by atoms with van der Waals surface area (Å²) in [6.45, 7) is 4.15. The minimum absolute atomic E-state index is 0.0367. The maximum Gasteiger partial charge on any atom is 0.139 e. The molecule has 3 nitrogen and oxygen atoms in total. The van der Waals surface area contributed by atoms with Gasteiger partial charge in [0.25, 0.3) is 0 Å². The monoisotopic (exact) mass is 281 g/mol. The molecule has 0 saturated carbocycles. The quantitative estimate of drug-likeness (QED) is 0.910. The van der Waals surface area contributed by atoms with E-state index in [2.05, 4.69) is 43.4 Å². The smallest absolute Gasteiger partial charge is 0.139 e. The van der Waals surface area contributed by atoms with E-state index in [9.17, 15) is 4.79 Å². The minimum atomic E-state index is 0.0367. The highest BCUT2D eigenvalue weighted by atomic mass is 16.3. The van der Waals surface area contributed by atoms with E-state index in [1.165, 1.54) is 11.1 Å². The zero-order valence-corrected chi connectivity index (χ0v) is 12.3. The van der Waals surface area contributed by atoms with Gasteiger partial charge in [-0.3, -0.25) is 4.79 Å². The number of hydrogen-bond donors (Lipinski definition) is 1. The van der Waals surface area contributed by atoms with E-state index in [4.69, 9.17) is 4.42 Å². The highest BCUT2D eigenvalue weighted by Crippen LogP contribution is 2.30. The molecule has 21 heavy (non-hydrogen) atoms. The van der Waals surface area contributed by atoms with Crippen LogP contribution in [0.5, 0.6) is 0 Å². The van der Waals surface area contributed by atoms with E-state index < -0.39 is 0 Å². The lowest BCUT2D eigenvalue weighted by molar-refractivity contribution is -0.119. The van der Waals surface area contributed by atoms with Gasteiger partial charge in [0.2, 0.25) is 0 Å². The summed E-state index contributed by atoms with van der Waals surface area (Å²) in [7, 11) is 0. The molecule has 1 N–H and O–H groups in total. The van der Waals surface area contributed by atoms with Crippen molar-refractivity contribution in [1.82, 2.24) is 0 Å². The molecule has 0 fully saturated rings. The van der Waals surface area contributed by atoms with Gasteiger partial charge in [0, 0.05) is 30.1 Å². The van der Waals surface area contributed by atoms with Gasteiger partial charge in [-0.2, -0.15) is 0 Å². The molecule has 3 rings (SSSR count). The summed E-state index contributed by atoms with van der Waals surface area (Å²) >= 11 is 0. The summed E-state index contributed by atoms with van der Waals surface area (Å²) in [6, 6.07) is 10.1. The number of hydrogen-bond acceptors (Lipinski definition) is 3. The Balaban J connectivity index is 1.84. The number of aryl methyl sites for hydroxylation is 2. The van der Waals surface area contributed by atoms with Crippen molar-refractivity contribution >= 4 is 11.5 Å². The Kier molecular flexibility index (Phi) is 3.65. The average molecular weight is 281 g/mol. The fourth-order valence-electron chi connectivity index (χ4n) is 2.89. The molecular formula is C18H19NO2. The maximum atomic E-state index is 12.0. The minimum Gasteiger partial charge on any atom is -0.469 e. The van der Waals surface area contributed by atoms with E-state index in [1.807, 2.05) is 12.1 Å². The van der Waals surface area contributed by atoms with Crippen molar-refractivity contribution in [3.8, 4) is 0 Å². The second kappa shape index (κ2) is 5.60. The lowest BCUT2D eigenvalue weighted by atomic mass is 9.90. The first-order chi connectivity index (χ1) is 10.1. The lowest BCUT2D eigenvalue weighted by Gasteiger charge is -2.20. The number of carbonyl (C=O) groups is 1. The van der Waals surface area contributed by atoms with Gasteiger partial charge in [-0.25, -0.2) is 0 Å². The number of rotatable bonds is 3. The Morgan fingerprint density at radius 1 is 1.19 bits per heavy atom. The number of anilines is 1. The molecule has 108 valence electrons. The van der Waals surface area contributed by atoms with Crippen LogP contribution in [0.25, 0.3) is 0 Å². The highest BCUT2D eigenvalue weighted by molar-refractivity contribution is 5.84. The van der Waals surface area contributed by atoms with Crippen molar-refractivity contribution in [2.45, 2.75) is 32.6 Å². The van der Waals surface area contributed by atoms with Crippen molar-refractivity contribution in [3.63, 3.8) is 0 Å². The summed E-state index contributed by atoms with van der Waals surface area (Å²) in [5.74, 6) is 1.13. The maximum absolute atomic E-state index is 12.0. The Morgan fingerprint density at radius 3 is 2.62 bits per heavy atom. The van der Waals surface area contributed by atoms with Crippen molar-refractivity contribution in [3.05, 3.63) is 65.3 Å². The van der Waals surface area contributed by atoms with Gasteiger partial charge < -0.3 is 9.73 Å². The van der Waals surface area contributed by atoms with Crippen LogP contribution >= 0.6 is 0 Å². The standard InChI is InChI=1S/C18H19NO2/c1-12-6-13(2)8-15(7-12)19-16-9-14(10-17(20)11-16)18-4-3-5-21-18/h3-9,14,19H,10-11H2,1-2H3.